The third-order valence-electron chi connectivity index (χ3n) is 1.78. The summed E-state index contributed by atoms with van der Waals surface area (Å²) in [5, 5.41) is 8.81. The lowest BCUT2D eigenvalue weighted by Crippen LogP contribution is -2.28. The first-order chi connectivity index (χ1) is 6.48. The number of alkyl halides is 4. The highest BCUT2D eigenvalue weighted by Crippen LogP contribution is 2.34. The summed E-state index contributed by atoms with van der Waals surface area (Å²) in [4.78, 5) is 0. The van der Waals surface area contributed by atoms with Crippen molar-refractivity contribution in [1.82, 2.24) is 0 Å². The molecule has 1 nitrogen and oxygen atoms in total. The molecule has 0 radical (unpaired) electrons. The van der Waals surface area contributed by atoms with Crippen LogP contribution in [0.1, 0.15) is 5.56 Å². The maximum absolute atomic E-state index is 13.0. The van der Waals surface area contributed by atoms with Gasteiger partial charge in [-0.25, -0.2) is 8.78 Å². The summed E-state index contributed by atoms with van der Waals surface area (Å²) in [5.41, 5.74) is -0.652. The minimum Gasteiger partial charge on any atom is -0.508 e. The van der Waals surface area contributed by atoms with Crippen molar-refractivity contribution in [3.63, 3.8) is 0 Å². The first kappa shape index (κ1) is 10.8. The van der Waals surface area contributed by atoms with Crippen LogP contribution in [0.2, 0.25) is 0 Å². The predicted octanol–water partition coefficient (Wildman–Crippen LogP) is 2.79. The Morgan fingerprint density at radius 1 is 1.21 bits per heavy atom. The van der Waals surface area contributed by atoms with Crippen molar-refractivity contribution in [3.8, 4) is 5.75 Å². The Hall–Kier alpha value is -1.26. The Bertz CT molecular complexity index is 296. The van der Waals surface area contributed by atoms with Gasteiger partial charge in [0.25, 0.3) is 0 Å². The zero-order valence-electron chi connectivity index (χ0n) is 7.05. The summed E-state index contributed by atoms with van der Waals surface area (Å²) < 4.78 is 50.2. The highest BCUT2D eigenvalue weighted by molar-refractivity contribution is 5.29. The van der Waals surface area contributed by atoms with Crippen LogP contribution in [0.25, 0.3) is 0 Å². The molecule has 0 heterocycles. The van der Waals surface area contributed by atoms with Crippen LogP contribution >= 0.6 is 0 Å². The van der Waals surface area contributed by atoms with E-state index in [2.05, 4.69) is 0 Å². The van der Waals surface area contributed by atoms with E-state index < -0.39 is 24.3 Å². The molecule has 1 N–H and O–H groups in total. The van der Waals surface area contributed by atoms with Crippen molar-refractivity contribution in [3.05, 3.63) is 29.8 Å². The SMILES string of the molecule is Oc1ccc(C(F)(F)C(F)CF)cc1. The third kappa shape index (κ3) is 1.97. The van der Waals surface area contributed by atoms with E-state index in [9.17, 15) is 17.6 Å². The van der Waals surface area contributed by atoms with E-state index in [1.54, 1.807) is 0 Å². The van der Waals surface area contributed by atoms with Gasteiger partial charge in [0.15, 0.2) is 6.17 Å². The molecule has 0 aliphatic heterocycles. The molecule has 1 unspecified atom stereocenters. The molecule has 14 heavy (non-hydrogen) atoms. The smallest absolute Gasteiger partial charge is 0.306 e. The van der Waals surface area contributed by atoms with Crippen LogP contribution in [0, 0.1) is 0 Å². The standard InChI is InChI=1S/C9H8F4O/c10-5-8(11)9(12,13)6-1-3-7(14)4-2-6/h1-4,8,14H,5H2. The lowest BCUT2D eigenvalue weighted by atomic mass is 10.0. The molecule has 0 bridgehead atoms. The number of rotatable bonds is 3. The topological polar surface area (TPSA) is 20.2 Å². The van der Waals surface area contributed by atoms with E-state index in [-0.39, 0.29) is 5.75 Å². The van der Waals surface area contributed by atoms with Gasteiger partial charge >= 0.3 is 5.92 Å². The van der Waals surface area contributed by atoms with Gasteiger partial charge in [-0.15, -0.1) is 0 Å². The molecule has 1 aromatic rings. The van der Waals surface area contributed by atoms with Crippen molar-refractivity contribution >= 4 is 0 Å². The second kappa shape index (κ2) is 3.86. The molecule has 0 aromatic heterocycles. The molecular weight excluding hydrogens is 200 g/mol. The number of benzene rings is 1. The van der Waals surface area contributed by atoms with E-state index in [0.717, 1.165) is 24.3 Å². The average Bonchev–Trinajstić information content (AvgIpc) is 2.17. The van der Waals surface area contributed by atoms with Gasteiger partial charge in [0.05, 0.1) is 0 Å². The first-order valence-electron chi connectivity index (χ1n) is 3.86. The Morgan fingerprint density at radius 3 is 2.14 bits per heavy atom. The molecular formula is C9H8F4O. The fraction of sp³-hybridized carbons (Fsp3) is 0.333. The second-order valence-corrected chi connectivity index (χ2v) is 2.79. The van der Waals surface area contributed by atoms with E-state index in [1.165, 1.54) is 0 Å². The molecule has 1 atom stereocenters. The normalized spacial score (nSPS) is 14.0. The summed E-state index contributed by atoms with van der Waals surface area (Å²) in [6, 6.07) is 3.71. The van der Waals surface area contributed by atoms with Gasteiger partial charge in [-0.2, -0.15) is 8.78 Å². The van der Waals surface area contributed by atoms with Crippen molar-refractivity contribution in [2.24, 2.45) is 0 Å². The van der Waals surface area contributed by atoms with Crippen LogP contribution < -0.4 is 0 Å². The van der Waals surface area contributed by atoms with Gasteiger partial charge in [-0.1, -0.05) is 0 Å². The third-order valence-corrected chi connectivity index (χ3v) is 1.78. The van der Waals surface area contributed by atoms with E-state index in [4.69, 9.17) is 5.11 Å². The molecule has 0 saturated carbocycles. The molecule has 0 fully saturated rings. The minimum absolute atomic E-state index is 0.208. The fourth-order valence-electron chi connectivity index (χ4n) is 0.961. The van der Waals surface area contributed by atoms with Gasteiger partial charge < -0.3 is 5.11 Å². The van der Waals surface area contributed by atoms with Crippen LogP contribution in [-0.4, -0.2) is 18.0 Å². The maximum atomic E-state index is 13.0. The summed E-state index contributed by atoms with van der Waals surface area (Å²) in [5.74, 6) is -4.07. The summed E-state index contributed by atoms with van der Waals surface area (Å²) in [7, 11) is 0. The van der Waals surface area contributed by atoms with Gasteiger partial charge in [-0.3, -0.25) is 0 Å². The Labute approximate surface area is 78.0 Å². The largest absolute Gasteiger partial charge is 0.508 e. The minimum atomic E-state index is -3.86. The van der Waals surface area contributed by atoms with Crippen molar-refractivity contribution in [1.29, 1.82) is 0 Å². The van der Waals surface area contributed by atoms with Crippen LogP contribution in [0.3, 0.4) is 0 Å². The number of hydrogen-bond acceptors (Lipinski definition) is 1. The molecule has 1 aromatic carbocycles. The van der Waals surface area contributed by atoms with Crippen LogP contribution in [-0.2, 0) is 5.92 Å². The van der Waals surface area contributed by atoms with Crippen LogP contribution in [0.15, 0.2) is 24.3 Å². The van der Waals surface area contributed by atoms with Crippen molar-refractivity contribution in [2.75, 3.05) is 6.67 Å². The summed E-state index contributed by atoms with van der Waals surface area (Å²) >= 11 is 0. The van der Waals surface area contributed by atoms with E-state index in [0.29, 0.717) is 0 Å². The molecule has 0 aliphatic rings. The van der Waals surface area contributed by atoms with Crippen molar-refractivity contribution < 1.29 is 22.7 Å². The van der Waals surface area contributed by atoms with Crippen LogP contribution in [0.5, 0.6) is 5.75 Å². The van der Waals surface area contributed by atoms with Crippen molar-refractivity contribution in [2.45, 2.75) is 12.1 Å². The molecule has 0 saturated heterocycles. The van der Waals surface area contributed by atoms with Gasteiger partial charge in [0, 0.05) is 5.56 Å². The molecule has 0 aliphatic carbocycles. The maximum Gasteiger partial charge on any atom is 0.306 e. The number of aromatic hydroxyl groups is 1. The zero-order chi connectivity index (χ0) is 10.8. The van der Waals surface area contributed by atoms with Gasteiger partial charge in [-0.05, 0) is 24.3 Å². The lowest BCUT2D eigenvalue weighted by Gasteiger charge is -2.18. The average molecular weight is 208 g/mol. The Balaban J connectivity index is 2.97. The summed E-state index contributed by atoms with van der Waals surface area (Å²) in [6.45, 7) is -1.74. The van der Waals surface area contributed by atoms with Gasteiger partial charge in [0.1, 0.15) is 12.4 Å². The second-order valence-electron chi connectivity index (χ2n) is 2.79. The number of hydrogen-bond donors (Lipinski definition) is 1. The quantitative estimate of drug-likeness (QED) is 0.757. The first-order valence-corrected chi connectivity index (χ1v) is 3.86. The Morgan fingerprint density at radius 2 is 1.71 bits per heavy atom. The molecule has 0 spiro atoms. The highest BCUT2D eigenvalue weighted by Gasteiger charge is 2.41. The number of phenolic OH excluding ortho intramolecular Hbond substituents is 1. The molecule has 1 rings (SSSR count). The molecule has 78 valence electrons. The number of halogens is 4. The highest BCUT2D eigenvalue weighted by atomic mass is 19.3. The molecule has 5 heteroatoms. The van der Waals surface area contributed by atoms with Gasteiger partial charge in [0.2, 0.25) is 0 Å². The summed E-state index contributed by atoms with van der Waals surface area (Å²) in [6.07, 6.45) is -2.85. The zero-order valence-corrected chi connectivity index (χ0v) is 7.05. The van der Waals surface area contributed by atoms with E-state index >= 15 is 0 Å². The monoisotopic (exact) mass is 208 g/mol. The Kier molecular flexibility index (Phi) is 2.98. The predicted molar refractivity (Wildman–Crippen MR) is 42.9 cm³/mol. The van der Waals surface area contributed by atoms with Crippen LogP contribution in [0.4, 0.5) is 17.6 Å². The fourth-order valence-corrected chi connectivity index (χ4v) is 0.961. The number of phenols is 1. The molecule has 0 amide bonds. The van der Waals surface area contributed by atoms with E-state index in [1.807, 2.05) is 0 Å². The lowest BCUT2D eigenvalue weighted by molar-refractivity contribution is -0.0857.